The molecule has 5 heteroatoms. The van der Waals surface area contributed by atoms with E-state index in [4.69, 9.17) is 0 Å². The molecule has 1 fully saturated rings. The number of pyridine rings is 1. The Kier molecular flexibility index (Phi) is 4.72. The van der Waals surface area contributed by atoms with Crippen LogP contribution in [-0.2, 0) is 0 Å². The number of hydrogen-bond donors (Lipinski definition) is 0. The number of nitrogens with zero attached hydrogens (tertiary/aromatic N) is 3. The molecule has 0 unspecified atom stereocenters. The highest BCUT2D eigenvalue weighted by Gasteiger charge is 2.22. The first-order chi connectivity index (χ1) is 8.70. The molecule has 98 valence electrons. The van der Waals surface area contributed by atoms with Gasteiger partial charge in [0.1, 0.15) is 5.69 Å². The van der Waals surface area contributed by atoms with Crippen molar-refractivity contribution < 1.29 is 4.79 Å². The van der Waals surface area contributed by atoms with Crippen molar-refractivity contribution in [3.05, 3.63) is 29.6 Å². The van der Waals surface area contributed by atoms with Gasteiger partial charge >= 0.3 is 0 Å². The molecule has 1 saturated heterocycles. The van der Waals surface area contributed by atoms with Gasteiger partial charge in [0.25, 0.3) is 5.91 Å². The molecule has 0 N–H and O–H groups in total. The Morgan fingerprint density at radius 2 is 2.06 bits per heavy atom. The lowest BCUT2D eigenvalue weighted by Crippen LogP contribution is -2.49. The van der Waals surface area contributed by atoms with E-state index in [1.54, 1.807) is 6.07 Å². The van der Waals surface area contributed by atoms with Crippen LogP contribution in [0.5, 0.6) is 0 Å². The molecule has 1 aromatic rings. The summed E-state index contributed by atoms with van der Waals surface area (Å²) in [6.07, 6.45) is 0. The minimum absolute atomic E-state index is 0.0530. The molecule has 0 aliphatic carbocycles. The number of hydrogen-bond acceptors (Lipinski definition) is 3. The van der Waals surface area contributed by atoms with Gasteiger partial charge in [-0.15, -0.1) is 0 Å². The number of aryl methyl sites for hydroxylation is 1. The molecule has 2 rings (SSSR count). The highest BCUT2D eigenvalue weighted by atomic mass is 79.9. The molecule has 0 spiro atoms. The molecule has 0 saturated carbocycles. The van der Waals surface area contributed by atoms with E-state index in [0.717, 1.165) is 43.7 Å². The van der Waals surface area contributed by atoms with E-state index in [-0.39, 0.29) is 5.91 Å². The van der Waals surface area contributed by atoms with Crippen molar-refractivity contribution in [3.63, 3.8) is 0 Å². The number of carbonyl (C=O) groups excluding carboxylic acids is 1. The maximum Gasteiger partial charge on any atom is 0.272 e. The normalized spacial score (nSPS) is 16.9. The Balaban J connectivity index is 1.95. The molecule has 1 amide bonds. The SMILES string of the molecule is Cc1cccc(C(=O)N2CCN(CCBr)CC2)n1. The fourth-order valence-electron chi connectivity index (χ4n) is 2.12. The van der Waals surface area contributed by atoms with Crippen molar-refractivity contribution >= 4 is 21.8 Å². The van der Waals surface area contributed by atoms with E-state index >= 15 is 0 Å². The number of alkyl halides is 1. The van der Waals surface area contributed by atoms with Crippen LogP contribution in [0.25, 0.3) is 0 Å². The van der Waals surface area contributed by atoms with E-state index in [0.29, 0.717) is 5.69 Å². The molecule has 1 aromatic heterocycles. The average molecular weight is 312 g/mol. The van der Waals surface area contributed by atoms with Crippen molar-refractivity contribution in [3.8, 4) is 0 Å². The van der Waals surface area contributed by atoms with E-state index in [2.05, 4.69) is 25.8 Å². The first-order valence-corrected chi connectivity index (χ1v) is 7.34. The second kappa shape index (κ2) is 6.29. The molecule has 0 aromatic carbocycles. The van der Waals surface area contributed by atoms with E-state index in [1.165, 1.54) is 0 Å². The second-order valence-electron chi connectivity index (χ2n) is 4.49. The van der Waals surface area contributed by atoms with Gasteiger partial charge in [0.2, 0.25) is 0 Å². The summed E-state index contributed by atoms with van der Waals surface area (Å²) >= 11 is 3.44. The third-order valence-corrected chi connectivity index (χ3v) is 3.52. The summed E-state index contributed by atoms with van der Waals surface area (Å²) in [5.41, 5.74) is 1.45. The van der Waals surface area contributed by atoms with Crippen LogP contribution >= 0.6 is 15.9 Å². The molecule has 0 radical (unpaired) electrons. The van der Waals surface area contributed by atoms with Gasteiger partial charge in [0, 0.05) is 43.7 Å². The zero-order valence-corrected chi connectivity index (χ0v) is 12.2. The van der Waals surface area contributed by atoms with Crippen molar-refractivity contribution in [2.24, 2.45) is 0 Å². The van der Waals surface area contributed by atoms with Gasteiger partial charge in [-0.3, -0.25) is 9.69 Å². The lowest BCUT2D eigenvalue weighted by molar-refractivity contribution is 0.0639. The Labute approximate surface area is 116 Å². The van der Waals surface area contributed by atoms with Crippen molar-refractivity contribution in [2.45, 2.75) is 6.92 Å². The lowest BCUT2D eigenvalue weighted by atomic mass is 10.2. The Morgan fingerprint density at radius 3 is 2.67 bits per heavy atom. The Morgan fingerprint density at radius 1 is 1.33 bits per heavy atom. The van der Waals surface area contributed by atoms with Gasteiger partial charge in [-0.2, -0.15) is 0 Å². The average Bonchev–Trinajstić information content (AvgIpc) is 2.39. The molecule has 1 aliphatic rings. The van der Waals surface area contributed by atoms with Crippen LogP contribution in [0.15, 0.2) is 18.2 Å². The first-order valence-electron chi connectivity index (χ1n) is 6.22. The standard InChI is InChI=1S/C13H18BrN3O/c1-11-3-2-4-12(15-11)13(18)17-9-7-16(6-5-14)8-10-17/h2-4H,5-10H2,1H3. The Bertz CT molecular complexity index is 416. The van der Waals surface area contributed by atoms with Gasteiger partial charge < -0.3 is 4.90 Å². The summed E-state index contributed by atoms with van der Waals surface area (Å²) in [6, 6.07) is 5.58. The Hall–Kier alpha value is -0.940. The molecule has 2 heterocycles. The van der Waals surface area contributed by atoms with Gasteiger partial charge in [-0.1, -0.05) is 22.0 Å². The number of piperazine rings is 1. The predicted molar refractivity (Wildman–Crippen MR) is 75.1 cm³/mol. The molecular formula is C13H18BrN3O. The number of amides is 1. The number of rotatable bonds is 3. The molecule has 18 heavy (non-hydrogen) atoms. The van der Waals surface area contributed by atoms with Crippen LogP contribution in [-0.4, -0.2) is 58.7 Å². The quantitative estimate of drug-likeness (QED) is 0.795. The van der Waals surface area contributed by atoms with Crippen molar-refractivity contribution in [2.75, 3.05) is 38.1 Å². The summed E-state index contributed by atoms with van der Waals surface area (Å²) in [6.45, 7) is 6.44. The molecule has 0 bridgehead atoms. The van der Waals surface area contributed by atoms with Crippen molar-refractivity contribution in [1.29, 1.82) is 0 Å². The van der Waals surface area contributed by atoms with Crippen LogP contribution in [0, 0.1) is 6.92 Å². The number of aromatic nitrogens is 1. The van der Waals surface area contributed by atoms with Gasteiger partial charge in [0.15, 0.2) is 0 Å². The first kappa shape index (κ1) is 13.5. The third-order valence-electron chi connectivity index (χ3n) is 3.17. The minimum atomic E-state index is 0.0530. The predicted octanol–water partition coefficient (Wildman–Crippen LogP) is 1.54. The van der Waals surface area contributed by atoms with E-state index in [9.17, 15) is 4.79 Å². The van der Waals surface area contributed by atoms with E-state index < -0.39 is 0 Å². The van der Waals surface area contributed by atoms with Gasteiger partial charge in [0.05, 0.1) is 0 Å². The topological polar surface area (TPSA) is 36.4 Å². The van der Waals surface area contributed by atoms with Crippen LogP contribution in [0.3, 0.4) is 0 Å². The fourth-order valence-corrected chi connectivity index (χ4v) is 2.62. The van der Waals surface area contributed by atoms with Crippen LogP contribution < -0.4 is 0 Å². The summed E-state index contributed by atoms with van der Waals surface area (Å²) in [7, 11) is 0. The number of halogens is 1. The van der Waals surface area contributed by atoms with Gasteiger partial charge in [-0.05, 0) is 19.1 Å². The number of carbonyl (C=O) groups is 1. The van der Waals surface area contributed by atoms with Crippen LogP contribution in [0.1, 0.15) is 16.2 Å². The lowest BCUT2D eigenvalue weighted by Gasteiger charge is -2.34. The van der Waals surface area contributed by atoms with Gasteiger partial charge in [-0.25, -0.2) is 4.98 Å². The van der Waals surface area contributed by atoms with Crippen LogP contribution in [0.4, 0.5) is 0 Å². The summed E-state index contributed by atoms with van der Waals surface area (Å²) in [5, 5.41) is 0.986. The highest BCUT2D eigenvalue weighted by Crippen LogP contribution is 2.08. The maximum absolute atomic E-state index is 12.3. The molecule has 0 atom stereocenters. The van der Waals surface area contributed by atoms with E-state index in [1.807, 2.05) is 24.0 Å². The second-order valence-corrected chi connectivity index (χ2v) is 5.28. The zero-order valence-electron chi connectivity index (χ0n) is 10.6. The minimum Gasteiger partial charge on any atom is -0.335 e. The molecular weight excluding hydrogens is 294 g/mol. The summed E-state index contributed by atoms with van der Waals surface area (Å²) in [4.78, 5) is 20.8. The fraction of sp³-hybridized carbons (Fsp3) is 0.538. The smallest absolute Gasteiger partial charge is 0.272 e. The largest absolute Gasteiger partial charge is 0.335 e. The van der Waals surface area contributed by atoms with Crippen LogP contribution in [0.2, 0.25) is 0 Å². The maximum atomic E-state index is 12.3. The summed E-state index contributed by atoms with van der Waals surface area (Å²) < 4.78 is 0. The van der Waals surface area contributed by atoms with Crippen molar-refractivity contribution in [1.82, 2.24) is 14.8 Å². The third kappa shape index (κ3) is 3.29. The monoisotopic (exact) mass is 311 g/mol. The zero-order chi connectivity index (χ0) is 13.0. The highest BCUT2D eigenvalue weighted by molar-refractivity contribution is 9.09. The molecule has 1 aliphatic heterocycles. The summed E-state index contributed by atoms with van der Waals surface area (Å²) in [5.74, 6) is 0.0530. The molecule has 4 nitrogen and oxygen atoms in total.